The molecule has 1 saturated carbocycles. The number of hydrogen-bond acceptors (Lipinski definition) is 2. The van der Waals surface area contributed by atoms with E-state index in [0.717, 1.165) is 5.92 Å². The average molecular weight is 140 g/mol. The van der Waals surface area contributed by atoms with Gasteiger partial charge in [0, 0.05) is 12.6 Å². The van der Waals surface area contributed by atoms with Crippen molar-refractivity contribution in [3.05, 3.63) is 0 Å². The lowest BCUT2D eigenvalue weighted by atomic mass is 9.83. The van der Waals surface area contributed by atoms with Crippen LogP contribution in [0.2, 0.25) is 0 Å². The van der Waals surface area contributed by atoms with Crippen molar-refractivity contribution in [2.75, 3.05) is 13.1 Å². The molecule has 58 valence electrons. The Kier molecular flexibility index (Phi) is 1.29. The van der Waals surface area contributed by atoms with Crippen molar-refractivity contribution in [3.8, 4) is 0 Å². The second kappa shape index (κ2) is 1.95. The molecule has 0 aromatic carbocycles. The molecule has 0 aromatic heterocycles. The topological polar surface area (TPSA) is 38.0 Å². The maximum absolute atomic E-state index is 5.88. The van der Waals surface area contributed by atoms with Crippen molar-refractivity contribution in [1.82, 2.24) is 5.32 Å². The molecule has 1 heterocycles. The van der Waals surface area contributed by atoms with E-state index in [1.807, 2.05) is 0 Å². The van der Waals surface area contributed by atoms with Crippen LogP contribution < -0.4 is 11.1 Å². The third kappa shape index (κ3) is 0.789. The van der Waals surface area contributed by atoms with Crippen LogP contribution >= 0.6 is 0 Å². The smallest absolute Gasteiger partial charge is 0.00479 e. The Balaban J connectivity index is 2.15. The van der Waals surface area contributed by atoms with Crippen molar-refractivity contribution in [3.63, 3.8) is 0 Å². The summed E-state index contributed by atoms with van der Waals surface area (Å²) >= 11 is 0. The van der Waals surface area contributed by atoms with E-state index in [1.54, 1.807) is 0 Å². The molecule has 0 aromatic rings. The molecule has 2 heteroatoms. The summed E-state index contributed by atoms with van der Waals surface area (Å²) in [5.74, 6) is 0.863. The maximum Gasteiger partial charge on any atom is 0.00479 e. The zero-order valence-corrected chi connectivity index (χ0v) is 6.56. The first kappa shape index (κ1) is 6.62. The first-order valence-corrected chi connectivity index (χ1v) is 4.17. The summed E-state index contributed by atoms with van der Waals surface area (Å²) < 4.78 is 0. The third-order valence-corrected chi connectivity index (χ3v) is 3.22. The number of fused-ring (bicyclic) bond motifs is 1. The number of nitrogens with two attached hydrogens (primary N) is 1. The summed E-state index contributed by atoms with van der Waals surface area (Å²) in [5.41, 5.74) is 6.42. The summed E-state index contributed by atoms with van der Waals surface area (Å²) in [6.45, 7) is 4.75. The molecule has 0 radical (unpaired) electrons. The Hall–Kier alpha value is -0.0800. The van der Waals surface area contributed by atoms with E-state index in [0.29, 0.717) is 11.5 Å². The lowest BCUT2D eigenvalue weighted by Gasteiger charge is -2.21. The fourth-order valence-corrected chi connectivity index (χ4v) is 2.58. The van der Waals surface area contributed by atoms with Gasteiger partial charge in [0.15, 0.2) is 0 Å². The molecule has 1 aliphatic carbocycles. The van der Waals surface area contributed by atoms with Gasteiger partial charge in [-0.1, -0.05) is 6.92 Å². The van der Waals surface area contributed by atoms with Crippen LogP contribution in [0, 0.1) is 11.3 Å². The lowest BCUT2D eigenvalue weighted by Crippen LogP contribution is -2.24. The minimum atomic E-state index is 0.483. The molecule has 2 fully saturated rings. The molecule has 2 nitrogen and oxygen atoms in total. The van der Waals surface area contributed by atoms with Crippen molar-refractivity contribution < 1.29 is 0 Å². The Labute approximate surface area is 62.2 Å². The van der Waals surface area contributed by atoms with Crippen molar-refractivity contribution in [1.29, 1.82) is 0 Å². The van der Waals surface area contributed by atoms with Crippen molar-refractivity contribution in [2.24, 2.45) is 17.1 Å². The summed E-state index contributed by atoms with van der Waals surface area (Å²) in [6.07, 6.45) is 2.47. The average Bonchev–Trinajstić information content (AvgIpc) is 2.20. The second-order valence-electron chi connectivity index (χ2n) is 4.18. The monoisotopic (exact) mass is 140 g/mol. The summed E-state index contributed by atoms with van der Waals surface area (Å²) in [6, 6.07) is 0.483. The van der Waals surface area contributed by atoms with Crippen LogP contribution in [0.5, 0.6) is 0 Å². The van der Waals surface area contributed by atoms with Gasteiger partial charge in [-0.15, -0.1) is 0 Å². The molecule has 1 saturated heterocycles. The van der Waals surface area contributed by atoms with Crippen LogP contribution in [0.4, 0.5) is 0 Å². The SMILES string of the molecule is C[C@]12CNC[C@H]1CC(N)C2. The Bertz CT molecular complexity index is 146. The van der Waals surface area contributed by atoms with E-state index in [2.05, 4.69) is 12.2 Å². The molecular formula is C8H16N2. The molecule has 0 spiro atoms. The van der Waals surface area contributed by atoms with Crippen LogP contribution in [-0.2, 0) is 0 Å². The molecule has 2 rings (SSSR count). The van der Waals surface area contributed by atoms with Crippen LogP contribution in [0.3, 0.4) is 0 Å². The fourth-order valence-electron chi connectivity index (χ4n) is 2.58. The highest BCUT2D eigenvalue weighted by Gasteiger charge is 2.45. The van der Waals surface area contributed by atoms with Crippen molar-refractivity contribution >= 4 is 0 Å². The van der Waals surface area contributed by atoms with E-state index >= 15 is 0 Å². The second-order valence-corrected chi connectivity index (χ2v) is 4.18. The van der Waals surface area contributed by atoms with Gasteiger partial charge in [0.05, 0.1) is 0 Å². The van der Waals surface area contributed by atoms with Crippen LogP contribution in [0.25, 0.3) is 0 Å². The van der Waals surface area contributed by atoms with Gasteiger partial charge < -0.3 is 11.1 Å². The van der Waals surface area contributed by atoms with Gasteiger partial charge in [0.2, 0.25) is 0 Å². The van der Waals surface area contributed by atoms with Crippen LogP contribution in [-0.4, -0.2) is 19.1 Å². The number of hydrogen-bond donors (Lipinski definition) is 2. The molecule has 3 atom stereocenters. The predicted octanol–water partition coefficient (Wildman–Crippen LogP) is 0.333. The standard InChI is InChI=1S/C8H16N2/c1-8-3-7(9)2-6(8)4-10-5-8/h6-7,10H,2-5,9H2,1H3/t6-,7?,8+/m1/s1. The van der Waals surface area contributed by atoms with Gasteiger partial charge >= 0.3 is 0 Å². The predicted molar refractivity (Wildman–Crippen MR) is 41.7 cm³/mol. The first-order chi connectivity index (χ1) is 4.71. The fraction of sp³-hybridized carbons (Fsp3) is 1.00. The molecule has 3 N–H and O–H groups in total. The zero-order valence-electron chi connectivity index (χ0n) is 6.56. The third-order valence-electron chi connectivity index (χ3n) is 3.22. The number of nitrogens with one attached hydrogen (secondary N) is 1. The lowest BCUT2D eigenvalue weighted by molar-refractivity contribution is 0.305. The van der Waals surface area contributed by atoms with Gasteiger partial charge in [0.25, 0.3) is 0 Å². The Morgan fingerprint density at radius 1 is 1.60 bits per heavy atom. The minimum Gasteiger partial charge on any atom is -0.328 e. The van der Waals surface area contributed by atoms with Gasteiger partial charge in [-0.25, -0.2) is 0 Å². The summed E-state index contributed by atoms with van der Waals surface area (Å²) in [4.78, 5) is 0. The maximum atomic E-state index is 5.88. The first-order valence-electron chi connectivity index (χ1n) is 4.17. The van der Waals surface area contributed by atoms with Crippen molar-refractivity contribution in [2.45, 2.75) is 25.8 Å². The van der Waals surface area contributed by atoms with Gasteiger partial charge in [-0.3, -0.25) is 0 Å². The van der Waals surface area contributed by atoms with E-state index in [1.165, 1.54) is 25.9 Å². The van der Waals surface area contributed by atoms with Gasteiger partial charge in [-0.05, 0) is 30.7 Å². The molecule has 0 amide bonds. The molecule has 1 unspecified atom stereocenters. The Morgan fingerprint density at radius 3 is 3.10 bits per heavy atom. The molecule has 10 heavy (non-hydrogen) atoms. The highest BCUT2D eigenvalue weighted by atomic mass is 15.0. The van der Waals surface area contributed by atoms with Crippen LogP contribution in [0.1, 0.15) is 19.8 Å². The number of rotatable bonds is 0. The summed E-state index contributed by atoms with van der Waals surface area (Å²) in [5, 5.41) is 3.43. The quantitative estimate of drug-likeness (QED) is 0.509. The van der Waals surface area contributed by atoms with E-state index < -0.39 is 0 Å². The molecular weight excluding hydrogens is 124 g/mol. The Morgan fingerprint density at radius 2 is 2.40 bits per heavy atom. The van der Waals surface area contributed by atoms with E-state index in [-0.39, 0.29) is 0 Å². The highest BCUT2D eigenvalue weighted by molar-refractivity contribution is 5.00. The zero-order chi connectivity index (χ0) is 7.19. The van der Waals surface area contributed by atoms with E-state index in [4.69, 9.17) is 5.73 Å². The van der Waals surface area contributed by atoms with E-state index in [9.17, 15) is 0 Å². The largest absolute Gasteiger partial charge is 0.328 e. The minimum absolute atomic E-state index is 0.483. The molecule has 2 aliphatic rings. The normalized spacial score (nSPS) is 53.4. The van der Waals surface area contributed by atoms with Gasteiger partial charge in [0.1, 0.15) is 0 Å². The van der Waals surface area contributed by atoms with Crippen LogP contribution in [0.15, 0.2) is 0 Å². The summed E-state index contributed by atoms with van der Waals surface area (Å²) in [7, 11) is 0. The highest BCUT2D eigenvalue weighted by Crippen LogP contribution is 2.44. The molecule has 1 aliphatic heterocycles. The molecule has 0 bridgehead atoms. The van der Waals surface area contributed by atoms with Gasteiger partial charge in [-0.2, -0.15) is 0 Å².